The Morgan fingerprint density at radius 1 is 0.450 bits per heavy atom. The summed E-state index contributed by atoms with van der Waals surface area (Å²) in [6.45, 7) is 4.54. The smallest absolute Gasteiger partial charge is 0.306 e. The Kier molecular flexibility index (Phi) is 31.6. The second-order valence-corrected chi connectivity index (χ2v) is 12.4. The molecular formula is C36H70O4. The van der Waals surface area contributed by atoms with Crippen LogP contribution in [-0.2, 0) is 14.3 Å². The second-order valence-electron chi connectivity index (χ2n) is 12.4. The molecule has 238 valence electrons. The SMILES string of the molecule is CCCCCCCCCCCCCCCC(CCCCCCCC(=O)O)OC(=O)CCCCCCCCCCC. The van der Waals surface area contributed by atoms with Gasteiger partial charge in [0.25, 0.3) is 0 Å². The van der Waals surface area contributed by atoms with E-state index in [4.69, 9.17) is 9.84 Å². The lowest BCUT2D eigenvalue weighted by Gasteiger charge is -2.18. The number of carbonyl (C=O) groups excluding carboxylic acids is 1. The van der Waals surface area contributed by atoms with Crippen LogP contribution in [0.3, 0.4) is 0 Å². The summed E-state index contributed by atoms with van der Waals surface area (Å²) in [6, 6.07) is 0. The van der Waals surface area contributed by atoms with Crippen LogP contribution in [0, 0.1) is 0 Å². The lowest BCUT2D eigenvalue weighted by Crippen LogP contribution is -2.18. The monoisotopic (exact) mass is 567 g/mol. The van der Waals surface area contributed by atoms with Crippen molar-refractivity contribution in [3.8, 4) is 0 Å². The summed E-state index contributed by atoms with van der Waals surface area (Å²) in [6.07, 6.45) is 36.8. The van der Waals surface area contributed by atoms with E-state index in [0.29, 0.717) is 6.42 Å². The largest absolute Gasteiger partial charge is 0.481 e. The van der Waals surface area contributed by atoms with E-state index in [1.807, 2.05) is 0 Å². The Morgan fingerprint density at radius 2 is 0.750 bits per heavy atom. The number of rotatable bonds is 33. The van der Waals surface area contributed by atoms with E-state index in [0.717, 1.165) is 64.2 Å². The molecule has 40 heavy (non-hydrogen) atoms. The highest BCUT2D eigenvalue weighted by Gasteiger charge is 2.14. The van der Waals surface area contributed by atoms with Gasteiger partial charge in [0.05, 0.1) is 0 Å². The van der Waals surface area contributed by atoms with E-state index >= 15 is 0 Å². The van der Waals surface area contributed by atoms with Crippen LogP contribution in [0.1, 0.15) is 213 Å². The van der Waals surface area contributed by atoms with Gasteiger partial charge in [-0.15, -0.1) is 0 Å². The fourth-order valence-corrected chi connectivity index (χ4v) is 5.66. The molecule has 0 aliphatic rings. The van der Waals surface area contributed by atoms with Gasteiger partial charge < -0.3 is 9.84 Å². The van der Waals surface area contributed by atoms with Crippen LogP contribution in [0.25, 0.3) is 0 Å². The van der Waals surface area contributed by atoms with Gasteiger partial charge in [-0.1, -0.05) is 162 Å². The van der Waals surface area contributed by atoms with Crippen LogP contribution < -0.4 is 0 Å². The fourth-order valence-electron chi connectivity index (χ4n) is 5.66. The van der Waals surface area contributed by atoms with Crippen molar-refractivity contribution in [2.24, 2.45) is 0 Å². The van der Waals surface area contributed by atoms with Gasteiger partial charge in [0.15, 0.2) is 0 Å². The molecule has 0 saturated carbocycles. The first-order chi connectivity index (χ1) is 19.6. The summed E-state index contributed by atoms with van der Waals surface area (Å²) in [5.74, 6) is -0.694. The minimum Gasteiger partial charge on any atom is -0.481 e. The summed E-state index contributed by atoms with van der Waals surface area (Å²) >= 11 is 0. The number of hydrogen-bond acceptors (Lipinski definition) is 3. The third kappa shape index (κ3) is 31.5. The number of esters is 1. The first-order valence-corrected chi connectivity index (χ1v) is 18.0. The Hall–Kier alpha value is -1.06. The van der Waals surface area contributed by atoms with E-state index in [1.165, 1.54) is 122 Å². The van der Waals surface area contributed by atoms with Crippen molar-refractivity contribution < 1.29 is 19.4 Å². The molecule has 4 nitrogen and oxygen atoms in total. The normalized spacial score (nSPS) is 12.1. The zero-order valence-corrected chi connectivity index (χ0v) is 27.2. The van der Waals surface area contributed by atoms with E-state index in [1.54, 1.807) is 0 Å². The van der Waals surface area contributed by atoms with Crippen LogP contribution in [0.15, 0.2) is 0 Å². The van der Waals surface area contributed by atoms with Crippen molar-refractivity contribution in [3.05, 3.63) is 0 Å². The fraction of sp³-hybridized carbons (Fsp3) is 0.944. The van der Waals surface area contributed by atoms with Crippen LogP contribution in [0.5, 0.6) is 0 Å². The maximum Gasteiger partial charge on any atom is 0.306 e. The predicted molar refractivity (Wildman–Crippen MR) is 172 cm³/mol. The zero-order valence-electron chi connectivity index (χ0n) is 27.2. The third-order valence-corrected chi connectivity index (χ3v) is 8.33. The van der Waals surface area contributed by atoms with Crippen LogP contribution in [-0.4, -0.2) is 23.1 Å². The van der Waals surface area contributed by atoms with E-state index in [9.17, 15) is 9.59 Å². The summed E-state index contributed by atoms with van der Waals surface area (Å²) in [4.78, 5) is 23.2. The summed E-state index contributed by atoms with van der Waals surface area (Å²) in [5, 5.41) is 8.79. The number of aliphatic carboxylic acids is 1. The molecule has 0 amide bonds. The van der Waals surface area contributed by atoms with Gasteiger partial charge in [-0.25, -0.2) is 0 Å². The predicted octanol–water partition coefficient (Wildman–Crippen LogP) is 12.1. The quantitative estimate of drug-likeness (QED) is 0.0633. The number of ether oxygens (including phenoxy) is 1. The van der Waals surface area contributed by atoms with Gasteiger partial charge in [-0.05, 0) is 38.5 Å². The molecule has 1 N–H and O–H groups in total. The standard InChI is InChI=1S/C36H70O4/c1-3-5-7-9-11-13-14-15-16-18-19-22-26-30-34(31-27-23-21-24-28-32-35(37)38)40-36(39)33-29-25-20-17-12-10-8-6-4-2/h34H,3-33H2,1-2H3,(H,37,38). The number of hydrogen-bond donors (Lipinski definition) is 1. The first-order valence-electron chi connectivity index (χ1n) is 18.0. The van der Waals surface area contributed by atoms with Gasteiger partial charge >= 0.3 is 11.9 Å². The van der Waals surface area contributed by atoms with Crippen molar-refractivity contribution >= 4 is 11.9 Å². The van der Waals surface area contributed by atoms with Crippen LogP contribution in [0.2, 0.25) is 0 Å². The molecule has 0 saturated heterocycles. The van der Waals surface area contributed by atoms with Crippen LogP contribution >= 0.6 is 0 Å². The van der Waals surface area contributed by atoms with Gasteiger partial charge in [-0.2, -0.15) is 0 Å². The molecule has 0 heterocycles. The Bertz CT molecular complexity index is 533. The van der Waals surface area contributed by atoms with Gasteiger partial charge in [0, 0.05) is 12.8 Å². The Morgan fingerprint density at radius 3 is 1.10 bits per heavy atom. The Labute approximate surface area is 250 Å². The molecule has 0 rings (SSSR count). The highest BCUT2D eigenvalue weighted by atomic mass is 16.5. The average Bonchev–Trinajstić information content (AvgIpc) is 2.93. The molecule has 4 heteroatoms. The molecule has 1 atom stereocenters. The van der Waals surface area contributed by atoms with Crippen molar-refractivity contribution in [1.29, 1.82) is 0 Å². The van der Waals surface area contributed by atoms with Gasteiger partial charge in [0.2, 0.25) is 0 Å². The molecule has 0 spiro atoms. The number of unbranched alkanes of at least 4 members (excludes halogenated alkanes) is 24. The topological polar surface area (TPSA) is 63.6 Å². The summed E-state index contributed by atoms with van der Waals surface area (Å²) in [7, 11) is 0. The molecular weight excluding hydrogens is 496 g/mol. The maximum absolute atomic E-state index is 12.6. The molecule has 0 aromatic heterocycles. The molecule has 0 fully saturated rings. The third-order valence-electron chi connectivity index (χ3n) is 8.33. The average molecular weight is 567 g/mol. The van der Waals surface area contributed by atoms with Crippen LogP contribution in [0.4, 0.5) is 0 Å². The Balaban J connectivity index is 4.02. The second kappa shape index (κ2) is 32.5. The molecule has 0 bridgehead atoms. The highest BCUT2D eigenvalue weighted by Crippen LogP contribution is 2.19. The lowest BCUT2D eigenvalue weighted by atomic mass is 10.0. The zero-order chi connectivity index (χ0) is 29.4. The molecule has 0 aromatic carbocycles. The van der Waals surface area contributed by atoms with E-state index < -0.39 is 5.97 Å². The minimum absolute atomic E-state index is 0.00379. The minimum atomic E-state index is -0.697. The first kappa shape index (κ1) is 38.9. The van der Waals surface area contributed by atoms with Crippen molar-refractivity contribution in [1.82, 2.24) is 0 Å². The molecule has 0 radical (unpaired) electrons. The maximum atomic E-state index is 12.6. The molecule has 0 aromatic rings. The molecule has 0 aliphatic carbocycles. The number of carbonyl (C=O) groups is 2. The van der Waals surface area contributed by atoms with E-state index in [2.05, 4.69) is 13.8 Å². The van der Waals surface area contributed by atoms with Crippen molar-refractivity contribution in [2.75, 3.05) is 0 Å². The lowest BCUT2D eigenvalue weighted by molar-refractivity contribution is -0.150. The van der Waals surface area contributed by atoms with Gasteiger partial charge in [0.1, 0.15) is 6.10 Å². The molecule has 1 unspecified atom stereocenters. The number of carboxylic acid groups (broad SMARTS) is 1. The summed E-state index contributed by atoms with van der Waals surface area (Å²) in [5.41, 5.74) is 0. The van der Waals surface area contributed by atoms with E-state index in [-0.39, 0.29) is 18.5 Å². The van der Waals surface area contributed by atoms with Crippen molar-refractivity contribution in [2.45, 2.75) is 219 Å². The molecule has 0 aliphatic heterocycles. The number of carboxylic acids is 1. The van der Waals surface area contributed by atoms with Crippen molar-refractivity contribution in [3.63, 3.8) is 0 Å². The highest BCUT2D eigenvalue weighted by molar-refractivity contribution is 5.69. The summed E-state index contributed by atoms with van der Waals surface area (Å²) < 4.78 is 5.97. The van der Waals surface area contributed by atoms with Gasteiger partial charge in [-0.3, -0.25) is 9.59 Å².